The molecule has 0 aromatic carbocycles. The molecule has 0 fully saturated rings. The Morgan fingerprint density at radius 1 is 1.70 bits per heavy atom. The first-order chi connectivity index (χ1) is 4.83. The van der Waals surface area contributed by atoms with E-state index in [1.54, 1.807) is 0 Å². The predicted molar refractivity (Wildman–Crippen MR) is 39.8 cm³/mol. The zero-order valence-electron chi connectivity index (χ0n) is 6.29. The van der Waals surface area contributed by atoms with E-state index in [4.69, 9.17) is 9.84 Å². The normalized spacial score (nSPS) is 32.6. The van der Waals surface area contributed by atoms with Gasteiger partial charge < -0.3 is 9.84 Å². The van der Waals surface area contributed by atoms with Gasteiger partial charge in [-0.1, -0.05) is 12.2 Å². The Labute approximate surface area is 61.5 Å². The van der Waals surface area contributed by atoms with Crippen molar-refractivity contribution in [2.75, 3.05) is 6.61 Å². The second kappa shape index (κ2) is 3.74. The maximum Gasteiger partial charge on any atom is 0.0781 e. The zero-order valence-corrected chi connectivity index (χ0v) is 6.29. The van der Waals surface area contributed by atoms with E-state index in [0.29, 0.717) is 6.10 Å². The molecule has 0 radical (unpaired) electrons. The van der Waals surface area contributed by atoms with Crippen LogP contribution in [0, 0.1) is 0 Å². The summed E-state index contributed by atoms with van der Waals surface area (Å²) >= 11 is 0. The van der Waals surface area contributed by atoms with Crippen LogP contribution in [0.5, 0.6) is 0 Å². The standard InChI is InChI=1S/C8H14O2/c1-7-3-2-4-8(10-7)5-6-9/h2,4,7-9H,3,5-6H2,1H3/t7-,8+/m1/s1. The molecule has 0 aromatic rings. The number of aliphatic hydroxyl groups excluding tert-OH is 1. The lowest BCUT2D eigenvalue weighted by Gasteiger charge is -2.22. The summed E-state index contributed by atoms with van der Waals surface area (Å²) in [6, 6.07) is 0. The minimum Gasteiger partial charge on any atom is -0.396 e. The van der Waals surface area contributed by atoms with E-state index in [1.165, 1.54) is 0 Å². The Hall–Kier alpha value is -0.340. The molecular formula is C8H14O2. The van der Waals surface area contributed by atoms with Gasteiger partial charge in [-0.2, -0.15) is 0 Å². The van der Waals surface area contributed by atoms with Crippen molar-refractivity contribution in [2.45, 2.75) is 32.0 Å². The van der Waals surface area contributed by atoms with Crippen molar-refractivity contribution in [3.05, 3.63) is 12.2 Å². The molecule has 0 saturated carbocycles. The van der Waals surface area contributed by atoms with Gasteiger partial charge in [-0.3, -0.25) is 0 Å². The predicted octanol–water partition coefficient (Wildman–Crippen LogP) is 1.10. The van der Waals surface area contributed by atoms with Gasteiger partial charge in [-0.15, -0.1) is 0 Å². The molecule has 1 aliphatic heterocycles. The topological polar surface area (TPSA) is 29.5 Å². The average Bonchev–Trinajstić information content (AvgIpc) is 1.88. The van der Waals surface area contributed by atoms with Gasteiger partial charge in [0, 0.05) is 13.0 Å². The molecule has 10 heavy (non-hydrogen) atoms. The first-order valence-electron chi connectivity index (χ1n) is 3.76. The third-order valence-corrected chi connectivity index (χ3v) is 1.64. The van der Waals surface area contributed by atoms with Gasteiger partial charge in [0.25, 0.3) is 0 Å². The molecule has 0 aromatic heterocycles. The summed E-state index contributed by atoms with van der Waals surface area (Å²) in [6.45, 7) is 2.26. The van der Waals surface area contributed by atoms with Crippen molar-refractivity contribution in [3.8, 4) is 0 Å². The number of rotatable bonds is 2. The van der Waals surface area contributed by atoms with Crippen LogP contribution < -0.4 is 0 Å². The van der Waals surface area contributed by atoms with Crippen LogP contribution in [0.3, 0.4) is 0 Å². The summed E-state index contributed by atoms with van der Waals surface area (Å²) in [6.07, 6.45) is 6.34. The van der Waals surface area contributed by atoms with Crippen molar-refractivity contribution in [3.63, 3.8) is 0 Å². The fraction of sp³-hybridized carbons (Fsp3) is 0.750. The Balaban J connectivity index is 2.32. The van der Waals surface area contributed by atoms with E-state index >= 15 is 0 Å². The lowest BCUT2D eigenvalue weighted by Crippen LogP contribution is -2.22. The van der Waals surface area contributed by atoms with Gasteiger partial charge in [0.2, 0.25) is 0 Å². The van der Waals surface area contributed by atoms with Crippen molar-refractivity contribution in [1.29, 1.82) is 0 Å². The summed E-state index contributed by atoms with van der Waals surface area (Å²) < 4.78 is 5.48. The molecule has 0 amide bonds. The molecule has 0 aliphatic carbocycles. The lowest BCUT2D eigenvalue weighted by atomic mass is 10.1. The maximum atomic E-state index is 8.59. The average molecular weight is 142 g/mol. The van der Waals surface area contributed by atoms with Crippen molar-refractivity contribution >= 4 is 0 Å². The van der Waals surface area contributed by atoms with Crippen LogP contribution in [0.2, 0.25) is 0 Å². The van der Waals surface area contributed by atoms with Crippen LogP contribution in [0.15, 0.2) is 12.2 Å². The highest BCUT2D eigenvalue weighted by Crippen LogP contribution is 2.13. The second-order valence-electron chi connectivity index (χ2n) is 2.66. The maximum absolute atomic E-state index is 8.59. The van der Waals surface area contributed by atoms with E-state index in [9.17, 15) is 0 Å². The second-order valence-corrected chi connectivity index (χ2v) is 2.66. The number of ether oxygens (including phenoxy) is 1. The third kappa shape index (κ3) is 2.12. The molecule has 1 rings (SSSR count). The Kier molecular flexibility index (Phi) is 2.90. The fourth-order valence-electron chi connectivity index (χ4n) is 1.11. The highest BCUT2D eigenvalue weighted by Gasteiger charge is 2.12. The van der Waals surface area contributed by atoms with Gasteiger partial charge in [0.15, 0.2) is 0 Å². The Bertz CT molecular complexity index is 120. The van der Waals surface area contributed by atoms with Gasteiger partial charge in [-0.25, -0.2) is 0 Å². The molecule has 1 heterocycles. The summed E-state index contributed by atoms with van der Waals surface area (Å²) in [7, 11) is 0. The molecule has 0 bridgehead atoms. The first kappa shape index (κ1) is 7.76. The van der Waals surface area contributed by atoms with Crippen LogP contribution >= 0.6 is 0 Å². The molecule has 58 valence electrons. The minimum absolute atomic E-state index is 0.147. The van der Waals surface area contributed by atoms with E-state index in [2.05, 4.69) is 6.08 Å². The third-order valence-electron chi connectivity index (χ3n) is 1.64. The van der Waals surface area contributed by atoms with E-state index in [-0.39, 0.29) is 12.7 Å². The highest BCUT2D eigenvalue weighted by molar-refractivity contribution is 4.94. The summed E-state index contributed by atoms with van der Waals surface area (Å²) in [5.74, 6) is 0. The monoisotopic (exact) mass is 142 g/mol. The van der Waals surface area contributed by atoms with Crippen LogP contribution in [-0.4, -0.2) is 23.9 Å². The lowest BCUT2D eigenvalue weighted by molar-refractivity contribution is 0.00581. The molecule has 1 aliphatic rings. The Morgan fingerprint density at radius 3 is 3.10 bits per heavy atom. The fourth-order valence-corrected chi connectivity index (χ4v) is 1.11. The zero-order chi connectivity index (χ0) is 7.40. The molecule has 0 saturated heterocycles. The van der Waals surface area contributed by atoms with Crippen molar-refractivity contribution in [2.24, 2.45) is 0 Å². The van der Waals surface area contributed by atoms with Gasteiger partial charge in [0.1, 0.15) is 0 Å². The quantitative estimate of drug-likeness (QED) is 0.585. The number of hydrogen-bond donors (Lipinski definition) is 1. The molecule has 2 nitrogen and oxygen atoms in total. The number of hydrogen-bond acceptors (Lipinski definition) is 2. The molecule has 0 spiro atoms. The van der Waals surface area contributed by atoms with E-state index in [0.717, 1.165) is 12.8 Å². The number of aliphatic hydroxyl groups is 1. The largest absolute Gasteiger partial charge is 0.396 e. The molecule has 1 N–H and O–H groups in total. The highest BCUT2D eigenvalue weighted by atomic mass is 16.5. The molecule has 0 unspecified atom stereocenters. The SMILES string of the molecule is C[C@@H]1CC=C[C@@H](CCO)O1. The van der Waals surface area contributed by atoms with Crippen molar-refractivity contribution < 1.29 is 9.84 Å². The Morgan fingerprint density at radius 2 is 2.50 bits per heavy atom. The molecule has 2 heteroatoms. The van der Waals surface area contributed by atoms with Gasteiger partial charge in [-0.05, 0) is 13.3 Å². The van der Waals surface area contributed by atoms with Crippen LogP contribution in [0.4, 0.5) is 0 Å². The van der Waals surface area contributed by atoms with Gasteiger partial charge in [0.05, 0.1) is 12.2 Å². The van der Waals surface area contributed by atoms with E-state index in [1.807, 2.05) is 13.0 Å². The summed E-state index contributed by atoms with van der Waals surface area (Å²) in [5.41, 5.74) is 0. The first-order valence-corrected chi connectivity index (χ1v) is 3.76. The van der Waals surface area contributed by atoms with Crippen LogP contribution in [-0.2, 0) is 4.74 Å². The van der Waals surface area contributed by atoms with E-state index < -0.39 is 0 Å². The smallest absolute Gasteiger partial charge is 0.0781 e. The van der Waals surface area contributed by atoms with Gasteiger partial charge >= 0.3 is 0 Å². The minimum atomic E-state index is 0.147. The van der Waals surface area contributed by atoms with Crippen LogP contribution in [0.25, 0.3) is 0 Å². The van der Waals surface area contributed by atoms with Crippen LogP contribution in [0.1, 0.15) is 19.8 Å². The molecular weight excluding hydrogens is 128 g/mol. The summed E-state index contributed by atoms with van der Waals surface area (Å²) in [4.78, 5) is 0. The van der Waals surface area contributed by atoms with Crippen molar-refractivity contribution in [1.82, 2.24) is 0 Å². The molecule has 2 atom stereocenters. The summed E-state index contributed by atoms with van der Waals surface area (Å²) in [5, 5.41) is 8.59.